The summed E-state index contributed by atoms with van der Waals surface area (Å²) in [5.74, 6) is 0.302. The molecule has 9 rings (SSSR count). The third-order valence-electron chi connectivity index (χ3n) is 12.9. The van der Waals surface area contributed by atoms with Crippen LogP contribution in [0.2, 0.25) is 0 Å². The van der Waals surface area contributed by atoms with Gasteiger partial charge in [-0.1, -0.05) is 62.4 Å². The molecule has 16 nitrogen and oxygen atoms in total. The van der Waals surface area contributed by atoms with Crippen molar-refractivity contribution in [3.8, 4) is 11.3 Å². The number of para-hydroxylation sites is 1. The molecule has 0 saturated carbocycles. The average molecular weight is 841 g/mol. The maximum absolute atomic E-state index is 14.1. The van der Waals surface area contributed by atoms with Crippen LogP contribution in [0.1, 0.15) is 74.2 Å². The highest BCUT2D eigenvalue weighted by Gasteiger charge is 2.50. The zero-order valence-electron chi connectivity index (χ0n) is 35.6. The van der Waals surface area contributed by atoms with E-state index in [-0.39, 0.29) is 29.8 Å². The van der Waals surface area contributed by atoms with Crippen molar-refractivity contribution in [1.29, 1.82) is 0 Å². The third-order valence-corrected chi connectivity index (χ3v) is 12.9. The van der Waals surface area contributed by atoms with E-state index in [1.54, 1.807) is 11.1 Å². The number of benzene rings is 3. The molecule has 1 fully saturated rings. The van der Waals surface area contributed by atoms with Gasteiger partial charge in [0.25, 0.3) is 0 Å². The molecule has 4 aromatic rings. The fourth-order valence-electron chi connectivity index (χ4n) is 9.57. The summed E-state index contributed by atoms with van der Waals surface area (Å²) in [4.78, 5) is 74.0. The SMILES string of the molecule is COC(=O)NC1CCc2cccc3c2N(C1=O)C(C1(C)N=C(c2ccc(C4=Nc5ccc(-c6cnc(C7CCCN7C(=O)C(NC(=O)OC)C(C)C)[nH]6)cc5NC4)cc2)CN1)C3. The first kappa shape index (κ1) is 40.8. The number of carbonyl (C=O) groups is 4. The minimum absolute atomic E-state index is 0.114. The first-order valence-electron chi connectivity index (χ1n) is 21.3. The lowest BCUT2D eigenvalue weighted by molar-refractivity contribution is -0.135. The molecular formula is C46H52N10O6. The molecule has 5 aliphatic heterocycles. The zero-order valence-corrected chi connectivity index (χ0v) is 35.6. The second-order valence-electron chi connectivity index (χ2n) is 17.1. The summed E-state index contributed by atoms with van der Waals surface area (Å²) in [5.41, 5.74) is 9.73. The fourth-order valence-corrected chi connectivity index (χ4v) is 9.57. The molecule has 5 atom stereocenters. The Morgan fingerprint density at radius 3 is 2.42 bits per heavy atom. The second kappa shape index (κ2) is 16.4. The van der Waals surface area contributed by atoms with Gasteiger partial charge < -0.3 is 40.2 Å². The maximum Gasteiger partial charge on any atom is 0.407 e. The lowest BCUT2D eigenvalue weighted by Gasteiger charge is -2.37. The van der Waals surface area contributed by atoms with Crippen molar-refractivity contribution >= 4 is 52.5 Å². The van der Waals surface area contributed by atoms with Crippen molar-refractivity contribution in [3.63, 3.8) is 0 Å². The van der Waals surface area contributed by atoms with Gasteiger partial charge in [0, 0.05) is 18.7 Å². The van der Waals surface area contributed by atoms with E-state index < -0.39 is 29.9 Å². The monoisotopic (exact) mass is 840 g/mol. The summed E-state index contributed by atoms with van der Waals surface area (Å²) in [6, 6.07) is 18.7. The van der Waals surface area contributed by atoms with E-state index in [9.17, 15) is 19.2 Å². The number of ether oxygens (including phenoxy) is 2. The summed E-state index contributed by atoms with van der Waals surface area (Å²) in [6.45, 7) is 7.52. The number of rotatable bonds is 9. The van der Waals surface area contributed by atoms with Gasteiger partial charge in [0.15, 0.2) is 0 Å². The highest BCUT2D eigenvalue weighted by Crippen LogP contribution is 2.43. The normalized spacial score (nSPS) is 23.1. The van der Waals surface area contributed by atoms with Crippen molar-refractivity contribution < 1.29 is 28.7 Å². The van der Waals surface area contributed by atoms with Gasteiger partial charge in [-0.3, -0.25) is 19.9 Å². The Bertz CT molecular complexity index is 2500. The number of nitrogens with one attached hydrogen (secondary N) is 5. The highest BCUT2D eigenvalue weighted by atomic mass is 16.5. The van der Waals surface area contributed by atoms with Crippen LogP contribution in [-0.2, 0) is 31.9 Å². The number of likely N-dealkylation sites (tertiary alicyclic amines) is 1. The number of hydrogen-bond donors (Lipinski definition) is 5. The lowest BCUT2D eigenvalue weighted by Crippen LogP contribution is -2.59. The van der Waals surface area contributed by atoms with Gasteiger partial charge >= 0.3 is 12.2 Å². The van der Waals surface area contributed by atoms with E-state index in [4.69, 9.17) is 24.4 Å². The Kier molecular flexibility index (Phi) is 10.8. The van der Waals surface area contributed by atoms with Gasteiger partial charge in [-0.15, -0.1) is 0 Å². The molecule has 0 aliphatic carbocycles. The van der Waals surface area contributed by atoms with Crippen LogP contribution < -0.4 is 26.2 Å². The highest BCUT2D eigenvalue weighted by molar-refractivity contribution is 6.09. The van der Waals surface area contributed by atoms with Gasteiger partial charge in [-0.25, -0.2) is 19.6 Å². The molecule has 1 saturated heterocycles. The first-order chi connectivity index (χ1) is 29.9. The van der Waals surface area contributed by atoms with Crippen molar-refractivity contribution in [3.05, 3.63) is 94.9 Å². The molecule has 6 heterocycles. The number of amides is 4. The molecule has 3 aromatic carbocycles. The molecule has 5 aliphatic rings. The number of alkyl carbamates (subject to hydrolysis) is 2. The molecule has 0 bridgehead atoms. The minimum atomic E-state index is -0.755. The maximum atomic E-state index is 14.1. The number of imidazole rings is 1. The standard InChI is InChI=1S/C46H52N10O6/c1-25(2)39(53-45(60)62-5)43(58)55-19-7-10-37(55)41-48-23-35(51-41)29-16-17-31-33(20-29)47-22-34(50-31)26-11-13-27(14-12-26)36-24-49-46(3,54-36)38-21-30-9-6-8-28-15-18-32(52-44(59)61-4)42(57)56(38)40(28)30/h6,8-9,11-14,16-17,20,23,25,32,37-39,47,49H,7,10,15,18-19,21-22,24H2,1-5H3,(H,48,51)(H,52,59)(H,53,60). The number of H-pyrrole nitrogens is 1. The molecule has 16 heteroatoms. The predicted molar refractivity (Wildman–Crippen MR) is 235 cm³/mol. The number of aryl methyl sites for hydroxylation is 1. The smallest absolute Gasteiger partial charge is 0.407 e. The zero-order chi connectivity index (χ0) is 43.3. The summed E-state index contributed by atoms with van der Waals surface area (Å²) >= 11 is 0. The van der Waals surface area contributed by atoms with Gasteiger partial charge in [0.05, 0.1) is 73.2 Å². The van der Waals surface area contributed by atoms with Crippen LogP contribution in [-0.4, -0.2) is 108 Å². The number of aromatic nitrogens is 2. The van der Waals surface area contributed by atoms with Crippen LogP contribution >= 0.6 is 0 Å². The van der Waals surface area contributed by atoms with Gasteiger partial charge in [0.2, 0.25) is 11.8 Å². The number of carbonyl (C=O) groups excluding carboxylic acids is 4. The fraction of sp³-hybridized carbons (Fsp3) is 0.413. The number of nitrogens with zero attached hydrogens (tertiary/aromatic N) is 5. The van der Waals surface area contributed by atoms with Crippen LogP contribution in [0, 0.1) is 5.92 Å². The summed E-state index contributed by atoms with van der Waals surface area (Å²) in [7, 11) is 2.59. The molecular weight excluding hydrogens is 789 g/mol. The number of aromatic amines is 1. The Morgan fingerprint density at radius 1 is 0.919 bits per heavy atom. The van der Waals surface area contributed by atoms with E-state index in [0.717, 1.165) is 74.8 Å². The first-order valence-corrected chi connectivity index (χ1v) is 21.3. The van der Waals surface area contributed by atoms with Gasteiger partial charge in [-0.2, -0.15) is 0 Å². The summed E-state index contributed by atoms with van der Waals surface area (Å²) < 4.78 is 9.62. The van der Waals surface area contributed by atoms with E-state index in [2.05, 4.69) is 68.7 Å². The molecule has 322 valence electrons. The average Bonchev–Trinajstić information content (AvgIpc) is 4.11. The quantitative estimate of drug-likeness (QED) is 0.147. The molecule has 0 spiro atoms. The Labute approximate surface area is 360 Å². The number of methoxy groups -OCH3 is 2. The Morgan fingerprint density at radius 2 is 1.66 bits per heavy atom. The number of fused-ring (bicyclic) bond motifs is 1. The largest absolute Gasteiger partial charge is 0.453 e. The molecule has 5 N–H and O–H groups in total. The van der Waals surface area contributed by atoms with Crippen LogP contribution in [0.15, 0.2) is 76.8 Å². The number of anilines is 2. The molecule has 5 unspecified atom stereocenters. The molecule has 4 amide bonds. The number of aliphatic imine (C=N–C) groups is 2. The second-order valence-corrected chi connectivity index (χ2v) is 17.1. The van der Waals surface area contributed by atoms with E-state index in [0.29, 0.717) is 44.7 Å². The van der Waals surface area contributed by atoms with Crippen molar-refractivity contribution in [2.75, 3.05) is 44.1 Å². The van der Waals surface area contributed by atoms with E-state index in [1.807, 2.05) is 43.9 Å². The predicted octanol–water partition coefficient (Wildman–Crippen LogP) is 5.40. The Balaban J connectivity index is 0.887. The topological polar surface area (TPSA) is 195 Å². The third kappa shape index (κ3) is 7.45. The van der Waals surface area contributed by atoms with Crippen molar-refractivity contribution in [1.82, 2.24) is 30.8 Å². The summed E-state index contributed by atoms with van der Waals surface area (Å²) in [6.07, 6.45) is 3.97. The van der Waals surface area contributed by atoms with Crippen LogP contribution in [0.5, 0.6) is 0 Å². The summed E-state index contributed by atoms with van der Waals surface area (Å²) in [5, 5.41) is 12.7. The lowest BCUT2D eigenvalue weighted by atomic mass is 9.96. The number of hydrogen-bond acceptors (Lipinski definition) is 11. The van der Waals surface area contributed by atoms with Crippen molar-refractivity contribution in [2.45, 2.75) is 82.7 Å². The molecule has 0 radical (unpaired) electrons. The molecule has 62 heavy (non-hydrogen) atoms. The van der Waals surface area contributed by atoms with Gasteiger partial charge in [-0.05, 0) is 79.3 Å². The minimum Gasteiger partial charge on any atom is -0.453 e. The van der Waals surface area contributed by atoms with Crippen LogP contribution in [0.3, 0.4) is 0 Å². The van der Waals surface area contributed by atoms with Crippen molar-refractivity contribution in [2.24, 2.45) is 15.9 Å². The van der Waals surface area contributed by atoms with E-state index >= 15 is 0 Å². The van der Waals surface area contributed by atoms with Crippen LogP contribution in [0.25, 0.3) is 11.3 Å². The van der Waals surface area contributed by atoms with Crippen LogP contribution in [0.4, 0.5) is 26.7 Å². The Hall–Kier alpha value is -6.55. The van der Waals surface area contributed by atoms with E-state index in [1.165, 1.54) is 14.2 Å². The van der Waals surface area contributed by atoms with Gasteiger partial charge in [0.1, 0.15) is 23.6 Å². The molecule has 1 aromatic heterocycles.